The number of alkyl halides is 6. The molecule has 0 saturated heterocycles. The van der Waals surface area contributed by atoms with Gasteiger partial charge in [0.2, 0.25) is 0 Å². The molecule has 1 aliphatic carbocycles. The Morgan fingerprint density at radius 2 is 1.68 bits per heavy atom. The number of benzene rings is 1. The highest BCUT2D eigenvalue weighted by Gasteiger charge is 2.40. The van der Waals surface area contributed by atoms with Gasteiger partial charge in [-0.05, 0) is 49.1 Å². The van der Waals surface area contributed by atoms with Crippen molar-refractivity contribution in [2.45, 2.75) is 35.3 Å². The third-order valence-corrected chi connectivity index (χ3v) is 7.86. The van der Waals surface area contributed by atoms with E-state index in [9.17, 15) is 39.6 Å². The van der Waals surface area contributed by atoms with Crippen molar-refractivity contribution in [3.8, 4) is 0 Å². The van der Waals surface area contributed by atoms with Crippen LogP contribution in [0.1, 0.15) is 34.5 Å². The number of imidazole rings is 1. The molecule has 0 bridgehead atoms. The summed E-state index contributed by atoms with van der Waals surface area (Å²) in [5.41, 5.74) is -1.90. The zero-order chi connectivity index (χ0) is 24.9. The molecule has 0 atom stereocenters. The second-order valence-corrected chi connectivity index (χ2v) is 10.3. The number of sulfone groups is 1. The Morgan fingerprint density at radius 3 is 2.32 bits per heavy atom. The molecule has 1 aliphatic rings. The van der Waals surface area contributed by atoms with E-state index < -0.39 is 49.4 Å². The third kappa shape index (κ3) is 4.74. The van der Waals surface area contributed by atoms with E-state index in [0.29, 0.717) is 6.07 Å². The van der Waals surface area contributed by atoms with Crippen LogP contribution in [0.3, 0.4) is 0 Å². The van der Waals surface area contributed by atoms with Gasteiger partial charge in [-0.2, -0.15) is 26.3 Å². The van der Waals surface area contributed by atoms with Crippen LogP contribution in [-0.4, -0.2) is 35.5 Å². The van der Waals surface area contributed by atoms with Gasteiger partial charge in [0.25, 0.3) is 5.91 Å². The fraction of sp³-hybridized carbons (Fsp3) is 0.333. The van der Waals surface area contributed by atoms with E-state index >= 15 is 0 Å². The standard InChI is InChI=1S/C21H17F6N3O3S/c22-20(23,24)13-2-1-3-15(8-13)34(32,33)16-6-12(7-16)9-28-19(31)17-11-30-10-14(21(25,26)27)4-5-18(30)29-17/h1-5,8,10-12,16H,6-7,9H2,(H,28,31)/t12-,16-. The lowest BCUT2D eigenvalue weighted by Gasteiger charge is -2.34. The predicted octanol–water partition coefficient (Wildman–Crippen LogP) is 4.35. The summed E-state index contributed by atoms with van der Waals surface area (Å²) in [6, 6.07) is 5.55. The van der Waals surface area contributed by atoms with Gasteiger partial charge in [0.15, 0.2) is 9.84 Å². The van der Waals surface area contributed by atoms with Crippen molar-refractivity contribution in [1.82, 2.24) is 14.7 Å². The minimum atomic E-state index is -4.66. The first-order valence-electron chi connectivity index (χ1n) is 10.0. The summed E-state index contributed by atoms with van der Waals surface area (Å²) >= 11 is 0. The lowest BCUT2D eigenvalue weighted by atomic mass is 9.85. The molecule has 1 aromatic carbocycles. The van der Waals surface area contributed by atoms with Crippen LogP contribution in [0.4, 0.5) is 26.3 Å². The van der Waals surface area contributed by atoms with E-state index in [2.05, 4.69) is 10.3 Å². The minimum absolute atomic E-state index is 0.0924. The Kier molecular flexibility index (Phi) is 5.86. The topological polar surface area (TPSA) is 80.5 Å². The lowest BCUT2D eigenvalue weighted by Crippen LogP contribution is -2.42. The minimum Gasteiger partial charge on any atom is -0.350 e. The maximum Gasteiger partial charge on any atom is 0.417 e. The smallest absolute Gasteiger partial charge is 0.350 e. The van der Waals surface area contributed by atoms with E-state index in [-0.39, 0.29) is 36.6 Å². The zero-order valence-electron chi connectivity index (χ0n) is 17.2. The van der Waals surface area contributed by atoms with Gasteiger partial charge in [-0.1, -0.05) is 6.07 Å². The molecule has 6 nitrogen and oxygen atoms in total. The molecule has 1 saturated carbocycles. The van der Waals surface area contributed by atoms with Crippen molar-refractivity contribution in [3.63, 3.8) is 0 Å². The maximum atomic E-state index is 12.9. The summed E-state index contributed by atoms with van der Waals surface area (Å²) in [5, 5.41) is 1.70. The molecule has 1 N–H and O–H groups in total. The van der Waals surface area contributed by atoms with Gasteiger partial charge < -0.3 is 9.72 Å². The molecule has 3 aromatic rings. The van der Waals surface area contributed by atoms with Gasteiger partial charge in [-0.3, -0.25) is 4.79 Å². The number of carbonyl (C=O) groups is 1. The highest BCUT2D eigenvalue weighted by molar-refractivity contribution is 7.92. The number of hydrogen-bond acceptors (Lipinski definition) is 4. The molecular formula is C21H17F6N3O3S. The van der Waals surface area contributed by atoms with Crippen molar-refractivity contribution in [2.75, 3.05) is 6.54 Å². The van der Waals surface area contributed by atoms with E-state index in [1.54, 1.807) is 0 Å². The normalized spacial score (nSPS) is 19.1. The van der Waals surface area contributed by atoms with Gasteiger partial charge in [0.1, 0.15) is 11.3 Å². The number of carbonyl (C=O) groups excluding carboxylic acids is 1. The number of nitrogens with zero attached hydrogens (tertiary/aromatic N) is 2. The molecule has 0 radical (unpaired) electrons. The van der Waals surface area contributed by atoms with E-state index in [4.69, 9.17) is 0 Å². The largest absolute Gasteiger partial charge is 0.417 e. The summed E-state index contributed by atoms with van der Waals surface area (Å²) in [6.07, 6.45) is -6.94. The first-order valence-corrected chi connectivity index (χ1v) is 11.5. The summed E-state index contributed by atoms with van der Waals surface area (Å²) in [5.74, 6) is -0.857. The van der Waals surface area contributed by atoms with Gasteiger partial charge in [0, 0.05) is 18.9 Å². The number of rotatable bonds is 5. The summed E-state index contributed by atoms with van der Waals surface area (Å²) < 4.78 is 103. The molecule has 1 amide bonds. The van der Waals surface area contributed by atoms with Crippen LogP contribution in [0.25, 0.3) is 5.65 Å². The molecular weight excluding hydrogens is 488 g/mol. The molecule has 34 heavy (non-hydrogen) atoms. The predicted molar refractivity (Wildman–Crippen MR) is 108 cm³/mol. The Bertz CT molecular complexity index is 1340. The SMILES string of the molecule is O=C(NC[C@H]1C[C@H](S(=O)(=O)c2cccc(C(F)(F)F)c2)C1)c1cn2cc(C(F)(F)F)ccc2n1. The quantitative estimate of drug-likeness (QED) is 0.523. The fourth-order valence-corrected chi connectivity index (χ4v) is 5.73. The molecule has 4 rings (SSSR count). The molecule has 1 fully saturated rings. The first-order chi connectivity index (χ1) is 15.7. The maximum absolute atomic E-state index is 12.9. The van der Waals surface area contributed by atoms with Crippen LogP contribution in [0, 0.1) is 5.92 Å². The van der Waals surface area contributed by atoms with Crippen molar-refractivity contribution < 1.29 is 39.6 Å². The van der Waals surface area contributed by atoms with E-state index in [0.717, 1.165) is 47.1 Å². The lowest BCUT2D eigenvalue weighted by molar-refractivity contribution is -0.138. The fourth-order valence-electron chi connectivity index (χ4n) is 3.73. The molecule has 0 unspecified atom stereocenters. The number of amides is 1. The molecule has 2 aromatic heterocycles. The number of hydrogen-bond donors (Lipinski definition) is 1. The van der Waals surface area contributed by atoms with Gasteiger partial charge >= 0.3 is 12.4 Å². The van der Waals surface area contributed by atoms with Crippen LogP contribution < -0.4 is 5.32 Å². The first kappa shape index (κ1) is 24.0. The average molecular weight is 505 g/mol. The number of nitrogens with one attached hydrogen (secondary N) is 1. The van der Waals surface area contributed by atoms with Gasteiger partial charge in [-0.25, -0.2) is 13.4 Å². The number of aromatic nitrogens is 2. The van der Waals surface area contributed by atoms with Crippen molar-refractivity contribution in [3.05, 3.63) is 65.6 Å². The average Bonchev–Trinajstić information content (AvgIpc) is 3.14. The zero-order valence-corrected chi connectivity index (χ0v) is 18.0. The number of fused-ring (bicyclic) bond motifs is 1. The molecule has 182 valence electrons. The second kappa shape index (κ2) is 8.29. The van der Waals surface area contributed by atoms with Gasteiger partial charge in [0.05, 0.1) is 21.3 Å². The van der Waals surface area contributed by atoms with Crippen LogP contribution in [0.5, 0.6) is 0 Å². The molecule has 0 spiro atoms. The highest BCUT2D eigenvalue weighted by atomic mass is 32.2. The van der Waals surface area contributed by atoms with Crippen molar-refractivity contribution in [2.24, 2.45) is 5.92 Å². The monoisotopic (exact) mass is 505 g/mol. The van der Waals surface area contributed by atoms with Gasteiger partial charge in [-0.15, -0.1) is 0 Å². The van der Waals surface area contributed by atoms with E-state index in [1.165, 1.54) is 0 Å². The third-order valence-electron chi connectivity index (χ3n) is 5.68. The van der Waals surface area contributed by atoms with Crippen molar-refractivity contribution >= 4 is 21.4 Å². The Hall–Kier alpha value is -3.09. The molecule has 0 aliphatic heterocycles. The van der Waals surface area contributed by atoms with Crippen LogP contribution >= 0.6 is 0 Å². The number of pyridine rings is 1. The van der Waals surface area contributed by atoms with Crippen molar-refractivity contribution in [1.29, 1.82) is 0 Å². The van der Waals surface area contributed by atoms with Crippen LogP contribution in [0.15, 0.2) is 53.7 Å². The summed E-state index contributed by atoms with van der Waals surface area (Å²) in [7, 11) is -3.96. The molecule has 13 heteroatoms. The second-order valence-electron chi connectivity index (χ2n) is 8.05. The van der Waals surface area contributed by atoms with Crippen LogP contribution in [0.2, 0.25) is 0 Å². The summed E-state index contributed by atoms with van der Waals surface area (Å²) in [4.78, 5) is 15.9. The molecule has 2 heterocycles. The Morgan fingerprint density at radius 1 is 1.00 bits per heavy atom. The van der Waals surface area contributed by atoms with E-state index in [1.807, 2.05) is 0 Å². The van der Waals surface area contributed by atoms with Crippen LogP contribution in [-0.2, 0) is 22.2 Å². The number of halogens is 6. The summed E-state index contributed by atoms with van der Waals surface area (Å²) in [6.45, 7) is 0.0924. The Balaban J connectivity index is 1.35. The Labute approximate surface area is 189 Å². The highest BCUT2D eigenvalue weighted by Crippen LogP contribution is 2.38.